The van der Waals surface area contributed by atoms with E-state index < -0.39 is 32.2 Å². The van der Waals surface area contributed by atoms with Crippen molar-refractivity contribution in [3.05, 3.63) is 0 Å². The second-order valence-electron chi connectivity index (χ2n) is 1.44. The third-order valence-electron chi connectivity index (χ3n) is 0.855. The first-order chi connectivity index (χ1) is 5.77. The molecule has 0 aromatic heterocycles. The molecule has 0 saturated carbocycles. The Labute approximate surface area is 72.6 Å². The van der Waals surface area contributed by atoms with E-state index in [9.17, 15) is 19.2 Å². The summed E-state index contributed by atoms with van der Waals surface area (Å²) in [6, 6.07) is 0. The summed E-state index contributed by atoms with van der Waals surface area (Å²) >= 11 is -5.10. The van der Waals surface area contributed by atoms with Gasteiger partial charge < -0.3 is 0 Å². The van der Waals surface area contributed by atoms with Crippen molar-refractivity contribution in [2.75, 3.05) is 0 Å². The molecule has 0 atom stereocenters. The zero-order valence-corrected chi connectivity index (χ0v) is 6.80. The summed E-state index contributed by atoms with van der Waals surface area (Å²) in [4.78, 5) is 31.6. The van der Waals surface area contributed by atoms with Gasteiger partial charge in [-0.3, -0.25) is 0 Å². The van der Waals surface area contributed by atoms with Crippen LogP contribution in [-0.4, -0.2) is 40.0 Å². The van der Waals surface area contributed by atoms with Gasteiger partial charge in [-0.1, -0.05) is 0 Å². The van der Waals surface area contributed by atoms with Crippen molar-refractivity contribution < 1.29 is 52.2 Å². The van der Waals surface area contributed by atoms with Gasteiger partial charge in [0.05, 0.1) is 0 Å². The van der Waals surface area contributed by atoms with E-state index in [0.29, 0.717) is 0 Å². The predicted molar refractivity (Wildman–Crippen MR) is 32.1 cm³/mol. The third kappa shape index (κ3) is 1.46. The minimum atomic E-state index is -5.10. The Kier molecular flexibility index (Phi) is 2.99. The van der Waals surface area contributed by atoms with Crippen molar-refractivity contribution in [1.82, 2.24) is 0 Å². The van der Waals surface area contributed by atoms with Crippen LogP contribution in [0.1, 0.15) is 0 Å². The molecular formula is C4H4CoO8. The second-order valence-corrected chi connectivity index (χ2v) is 4.78. The molecule has 0 rings (SSSR count). The first-order valence-electron chi connectivity index (χ1n) is 2.38. The number of hydrogen-bond acceptors (Lipinski definition) is 4. The summed E-state index contributed by atoms with van der Waals surface area (Å²) in [6.45, 7) is 0. The Hall–Kier alpha value is -1.61. The summed E-state index contributed by atoms with van der Waals surface area (Å²) in [5.74, 6) is 0. The van der Waals surface area contributed by atoms with Crippen LogP contribution in [0.25, 0.3) is 0 Å². The summed E-state index contributed by atoms with van der Waals surface area (Å²) in [6.07, 6.45) is 0. The average Bonchev–Trinajstić information content (AvgIpc) is 1.82. The van der Waals surface area contributed by atoms with E-state index in [4.69, 9.17) is 20.4 Å². The summed E-state index contributed by atoms with van der Waals surface area (Å²) < 4.78 is 0. The molecule has 0 aromatic carbocycles. The normalized spacial score (nSPS) is 11.7. The van der Waals surface area contributed by atoms with Crippen LogP contribution in [0.15, 0.2) is 0 Å². The van der Waals surface area contributed by atoms with Crippen LogP contribution in [0.3, 0.4) is 0 Å². The quantitative estimate of drug-likeness (QED) is 0.563. The second kappa shape index (κ2) is 3.41. The predicted octanol–water partition coefficient (Wildman–Crippen LogP) is 0.852. The maximum absolute atomic E-state index is 10.3. The van der Waals surface area contributed by atoms with Gasteiger partial charge in [0.2, 0.25) is 0 Å². The van der Waals surface area contributed by atoms with Gasteiger partial charge in [0.1, 0.15) is 0 Å². The summed E-state index contributed by atoms with van der Waals surface area (Å²) in [7, 11) is 0. The molecule has 0 bridgehead atoms. The third-order valence-corrected chi connectivity index (χ3v) is 3.53. The van der Waals surface area contributed by atoms with E-state index in [1.165, 1.54) is 0 Å². The van der Waals surface area contributed by atoms with Crippen molar-refractivity contribution in [1.29, 1.82) is 0 Å². The molecule has 0 aromatic rings. The summed E-state index contributed by atoms with van der Waals surface area (Å²) in [5, 5.41) is 33.0. The van der Waals surface area contributed by atoms with Gasteiger partial charge in [0, 0.05) is 0 Å². The number of rotatable bonds is 4. The zero-order chi connectivity index (χ0) is 10.8. The number of carboxylic acid groups (broad SMARTS) is 4. The van der Waals surface area contributed by atoms with Gasteiger partial charge in [-0.25, -0.2) is 0 Å². The molecule has 13 heavy (non-hydrogen) atoms. The standard InChI is InChI=1S/4CHO2.Co/c4*2-1-3;/h4*(H,2,3);. The molecule has 77 valence electrons. The monoisotopic (exact) mass is 239 g/mol. The Morgan fingerprint density at radius 3 is 0.769 bits per heavy atom. The maximum atomic E-state index is 10.3. The molecule has 4 N–H and O–H groups in total. The van der Waals surface area contributed by atoms with E-state index in [2.05, 4.69) is 0 Å². The van der Waals surface area contributed by atoms with Crippen LogP contribution in [-0.2, 0) is 12.6 Å². The molecule has 0 aliphatic rings. The Balaban J connectivity index is 5.60. The van der Waals surface area contributed by atoms with E-state index in [1.54, 1.807) is 0 Å². The van der Waals surface area contributed by atoms with Crippen molar-refractivity contribution in [3.8, 4) is 0 Å². The van der Waals surface area contributed by atoms with E-state index in [-0.39, 0.29) is 0 Å². The van der Waals surface area contributed by atoms with E-state index in [0.717, 1.165) is 0 Å². The number of carbonyl (C=O) groups is 4. The molecular weight excluding hydrogens is 235 g/mol. The summed E-state index contributed by atoms with van der Waals surface area (Å²) in [5.41, 5.74) is 0. The van der Waals surface area contributed by atoms with Crippen LogP contribution in [0, 0.1) is 0 Å². The van der Waals surface area contributed by atoms with Crippen molar-refractivity contribution in [3.63, 3.8) is 0 Å². The van der Waals surface area contributed by atoms with Crippen LogP contribution in [0.2, 0.25) is 0 Å². The molecule has 9 heteroatoms. The first kappa shape index (κ1) is 11.4. The van der Waals surface area contributed by atoms with Crippen LogP contribution < -0.4 is 0 Å². The zero-order valence-electron chi connectivity index (χ0n) is 5.76. The molecule has 0 saturated heterocycles. The molecule has 0 fully saturated rings. The number of hydrogen-bond donors (Lipinski definition) is 4. The van der Waals surface area contributed by atoms with E-state index in [1.807, 2.05) is 0 Å². The molecule has 0 aliphatic carbocycles. The Morgan fingerprint density at radius 1 is 0.615 bits per heavy atom. The first-order valence-corrected chi connectivity index (χ1v) is 4.46. The molecule has 0 heterocycles. The van der Waals surface area contributed by atoms with Crippen LogP contribution in [0.4, 0.5) is 19.2 Å². The Bertz CT molecular complexity index is 231. The van der Waals surface area contributed by atoms with Crippen molar-refractivity contribution in [2.24, 2.45) is 0 Å². The molecule has 0 unspecified atom stereocenters. The molecule has 0 radical (unpaired) electrons. The topological polar surface area (TPSA) is 149 Å². The fraction of sp³-hybridized carbons (Fsp3) is 0. The fourth-order valence-corrected chi connectivity index (χ4v) is 1.51. The van der Waals surface area contributed by atoms with Gasteiger partial charge in [-0.05, 0) is 0 Å². The van der Waals surface area contributed by atoms with Crippen LogP contribution >= 0.6 is 0 Å². The van der Waals surface area contributed by atoms with Crippen molar-refractivity contribution >= 4 is 19.6 Å². The van der Waals surface area contributed by atoms with Gasteiger partial charge in [-0.2, -0.15) is 0 Å². The molecule has 0 aliphatic heterocycles. The SMILES string of the molecule is O=[C](O)[Co]([C](=O)O)([C](=O)O)[C](=O)O. The van der Waals surface area contributed by atoms with Gasteiger partial charge >= 0.3 is 71.8 Å². The molecule has 0 amide bonds. The minimum absolute atomic E-state index is 2.35. The van der Waals surface area contributed by atoms with Gasteiger partial charge in [0.15, 0.2) is 0 Å². The van der Waals surface area contributed by atoms with Gasteiger partial charge in [-0.15, -0.1) is 0 Å². The van der Waals surface area contributed by atoms with Crippen LogP contribution in [0.5, 0.6) is 0 Å². The fourth-order valence-electron chi connectivity index (χ4n) is 0.366. The van der Waals surface area contributed by atoms with Crippen molar-refractivity contribution in [2.45, 2.75) is 0 Å². The Morgan fingerprint density at radius 2 is 0.769 bits per heavy atom. The molecule has 0 spiro atoms. The molecule has 8 nitrogen and oxygen atoms in total. The van der Waals surface area contributed by atoms with E-state index >= 15 is 0 Å². The van der Waals surface area contributed by atoms with Gasteiger partial charge in [0.25, 0.3) is 0 Å². The average molecular weight is 239 g/mol.